The molecule has 1 N–H and O–H groups in total. The van der Waals surface area contributed by atoms with Crippen LogP contribution < -0.4 is 19.8 Å². The third kappa shape index (κ3) is 4.29. The molecule has 0 amide bonds. The molecule has 0 bridgehead atoms. The summed E-state index contributed by atoms with van der Waals surface area (Å²) in [6.07, 6.45) is 1.03. The van der Waals surface area contributed by atoms with E-state index in [4.69, 9.17) is 19.2 Å². The monoisotopic (exact) mass is 524 g/mol. The molecule has 4 aromatic rings. The maximum absolute atomic E-state index is 13.1. The normalized spacial score (nSPS) is 16.4. The van der Waals surface area contributed by atoms with Crippen molar-refractivity contribution in [3.63, 3.8) is 0 Å². The Balaban J connectivity index is 1.22. The van der Waals surface area contributed by atoms with Gasteiger partial charge in [-0.05, 0) is 42.7 Å². The fourth-order valence-electron chi connectivity index (χ4n) is 4.68. The largest absolute Gasteiger partial charge is 0.497 e. The lowest BCUT2D eigenvalue weighted by Gasteiger charge is -2.30. The number of methoxy groups -OCH3 is 1. The van der Waals surface area contributed by atoms with Crippen LogP contribution in [0, 0.1) is 0 Å². The highest BCUT2D eigenvalue weighted by molar-refractivity contribution is 7.89. The predicted octanol–water partition coefficient (Wildman–Crippen LogP) is 1.87. The minimum Gasteiger partial charge on any atom is -0.497 e. The zero-order valence-electron chi connectivity index (χ0n) is 20.0. The Morgan fingerprint density at radius 3 is 2.73 bits per heavy atom. The maximum atomic E-state index is 13.1. The molecule has 0 unspecified atom stereocenters. The van der Waals surface area contributed by atoms with Gasteiger partial charge in [0.15, 0.2) is 22.7 Å². The van der Waals surface area contributed by atoms with Crippen LogP contribution in [0.3, 0.4) is 0 Å². The van der Waals surface area contributed by atoms with Gasteiger partial charge in [0.1, 0.15) is 11.6 Å². The highest BCUT2D eigenvalue weighted by atomic mass is 32.2. The molecule has 2 aromatic carbocycles. The molecular weight excluding hydrogens is 500 g/mol. The van der Waals surface area contributed by atoms with Crippen molar-refractivity contribution >= 4 is 21.2 Å². The number of piperidine rings is 1. The number of hydrogen-bond acceptors (Lipinski definition) is 9. The fraction of sp³-hybridized carbons (Fsp3) is 0.333. The van der Waals surface area contributed by atoms with Gasteiger partial charge in [-0.25, -0.2) is 18.1 Å². The minimum absolute atomic E-state index is 0.109. The smallest absolute Gasteiger partial charge is 0.281 e. The maximum Gasteiger partial charge on any atom is 0.281 e. The molecule has 0 radical (unpaired) electrons. The van der Waals surface area contributed by atoms with Crippen LogP contribution in [0.25, 0.3) is 11.2 Å². The summed E-state index contributed by atoms with van der Waals surface area (Å²) >= 11 is 0. The zero-order chi connectivity index (χ0) is 25.6. The topological polar surface area (TPSA) is 142 Å². The van der Waals surface area contributed by atoms with Gasteiger partial charge < -0.3 is 19.2 Å². The van der Waals surface area contributed by atoms with E-state index in [-0.39, 0.29) is 28.7 Å². The molecule has 2 aromatic heterocycles. The number of aromatic nitrogens is 5. The molecule has 192 valence electrons. The van der Waals surface area contributed by atoms with Gasteiger partial charge in [0.2, 0.25) is 16.8 Å². The van der Waals surface area contributed by atoms with Crippen LogP contribution in [0.2, 0.25) is 0 Å². The number of H-pyrrole nitrogens is 1. The van der Waals surface area contributed by atoms with Crippen molar-refractivity contribution in [2.75, 3.05) is 27.0 Å². The summed E-state index contributed by atoms with van der Waals surface area (Å²) in [7, 11) is -2.16. The van der Waals surface area contributed by atoms with Gasteiger partial charge in [-0.1, -0.05) is 17.3 Å². The lowest BCUT2D eigenvalue weighted by molar-refractivity contribution is 0.174. The fourth-order valence-corrected chi connectivity index (χ4v) is 6.18. The zero-order valence-corrected chi connectivity index (χ0v) is 20.8. The van der Waals surface area contributed by atoms with Gasteiger partial charge in [-0.15, -0.1) is 5.10 Å². The van der Waals surface area contributed by atoms with E-state index in [1.54, 1.807) is 22.9 Å². The molecule has 1 saturated heterocycles. The van der Waals surface area contributed by atoms with Crippen LogP contribution in [0.4, 0.5) is 0 Å². The molecule has 0 spiro atoms. The molecule has 1 fully saturated rings. The van der Waals surface area contributed by atoms with E-state index in [9.17, 15) is 13.2 Å². The first-order valence-electron chi connectivity index (χ1n) is 11.8. The van der Waals surface area contributed by atoms with E-state index in [2.05, 4.69) is 15.3 Å². The SMILES string of the molecule is COc1cccc(S(=O)(=O)N2CCC(c3nc4c(nnn4Cc4ccc5c(c4)OCO5)c(=O)[nH]3)CC2)c1. The average molecular weight is 525 g/mol. The highest BCUT2D eigenvalue weighted by Crippen LogP contribution is 2.33. The molecule has 2 aliphatic heterocycles. The third-order valence-electron chi connectivity index (χ3n) is 6.68. The second kappa shape index (κ2) is 9.16. The Kier molecular flexibility index (Phi) is 5.80. The first kappa shape index (κ1) is 23.4. The van der Waals surface area contributed by atoms with Crippen molar-refractivity contribution in [1.82, 2.24) is 29.3 Å². The highest BCUT2D eigenvalue weighted by Gasteiger charge is 2.31. The summed E-state index contributed by atoms with van der Waals surface area (Å²) in [4.78, 5) is 20.5. The van der Waals surface area contributed by atoms with E-state index in [0.717, 1.165) is 5.56 Å². The summed E-state index contributed by atoms with van der Waals surface area (Å²) in [5, 5.41) is 8.16. The van der Waals surface area contributed by atoms with Gasteiger partial charge in [-0.3, -0.25) is 4.79 Å². The van der Waals surface area contributed by atoms with Gasteiger partial charge in [-0.2, -0.15) is 4.31 Å². The van der Waals surface area contributed by atoms with E-state index >= 15 is 0 Å². The van der Waals surface area contributed by atoms with Gasteiger partial charge in [0.25, 0.3) is 5.56 Å². The van der Waals surface area contributed by atoms with Crippen LogP contribution in [0.1, 0.15) is 30.1 Å². The van der Waals surface area contributed by atoms with E-state index < -0.39 is 10.0 Å². The number of sulfonamides is 1. The number of hydrogen-bond donors (Lipinski definition) is 1. The number of ether oxygens (including phenoxy) is 3. The summed E-state index contributed by atoms with van der Waals surface area (Å²) in [6.45, 7) is 1.15. The Labute approximate surface area is 211 Å². The number of benzene rings is 2. The van der Waals surface area contributed by atoms with Crippen LogP contribution in [0.5, 0.6) is 17.2 Å². The quantitative estimate of drug-likeness (QED) is 0.400. The van der Waals surface area contributed by atoms with Crippen molar-refractivity contribution in [3.05, 3.63) is 64.2 Å². The second-order valence-electron chi connectivity index (χ2n) is 8.92. The Morgan fingerprint density at radius 2 is 1.92 bits per heavy atom. The van der Waals surface area contributed by atoms with E-state index in [1.165, 1.54) is 17.5 Å². The molecule has 12 nitrogen and oxygen atoms in total. The van der Waals surface area contributed by atoms with E-state index in [1.807, 2.05) is 18.2 Å². The number of aromatic amines is 1. The standard InChI is InChI=1S/C24H24N6O6S/c1-34-17-3-2-4-18(12-17)37(32,33)29-9-7-16(8-10-29)22-25-23-21(24(31)26-22)27-28-30(23)13-15-5-6-19-20(11-15)36-14-35-19/h2-6,11-12,16H,7-10,13-14H2,1H3,(H,25,26,31). The summed E-state index contributed by atoms with van der Waals surface area (Å²) < 4.78 is 45.3. The van der Waals surface area contributed by atoms with Crippen molar-refractivity contribution in [2.24, 2.45) is 0 Å². The first-order chi connectivity index (χ1) is 17.9. The second-order valence-corrected chi connectivity index (χ2v) is 10.9. The van der Waals surface area contributed by atoms with Crippen LogP contribution in [-0.4, -0.2) is 64.7 Å². The number of fused-ring (bicyclic) bond motifs is 2. The van der Waals surface area contributed by atoms with Gasteiger partial charge in [0.05, 0.1) is 18.6 Å². The Bertz CT molecular complexity index is 1640. The molecule has 37 heavy (non-hydrogen) atoms. The van der Waals surface area contributed by atoms with Gasteiger partial charge in [0, 0.05) is 25.1 Å². The Hall–Kier alpha value is -3.97. The van der Waals surface area contributed by atoms with Crippen molar-refractivity contribution in [2.45, 2.75) is 30.2 Å². The lowest BCUT2D eigenvalue weighted by Crippen LogP contribution is -2.38. The molecule has 0 aliphatic carbocycles. The third-order valence-corrected chi connectivity index (χ3v) is 8.58. The van der Waals surface area contributed by atoms with Crippen LogP contribution in [0.15, 0.2) is 52.2 Å². The van der Waals surface area contributed by atoms with Crippen LogP contribution >= 0.6 is 0 Å². The Morgan fingerprint density at radius 1 is 1.11 bits per heavy atom. The first-order valence-corrected chi connectivity index (χ1v) is 13.2. The van der Waals surface area contributed by atoms with Crippen LogP contribution in [-0.2, 0) is 16.6 Å². The molecular formula is C24H24N6O6S. The molecule has 6 rings (SSSR count). The molecule has 2 aliphatic rings. The molecule has 0 atom stereocenters. The summed E-state index contributed by atoms with van der Waals surface area (Å²) in [5.41, 5.74) is 1.06. The van der Waals surface area contributed by atoms with Gasteiger partial charge >= 0.3 is 0 Å². The van der Waals surface area contributed by atoms with Crippen molar-refractivity contribution in [1.29, 1.82) is 0 Å². The molecule has 4 heterocycles. The van der Waals surface area contributed by atoms with Crippen molar-refractivity contribution in [3.8, 4) is 17.2 Å². The number of rotatable bonds is 6. The minimum atomic E-state index is -3.66. The average Bonchev–Trinajstić information content (AvgIpc) is 3.56. The predicted molar refractivity (Wildman–Crippen MR) is 131 cm³/mol. The number of nitrogens with one attached hydrogen (secondary N) is 1. The molecule has 0 saturated carbocycles. The summed E-state index contributed by atoms with van der Waals surface area (Å²) in [6, 6.07) is 12.0. The van der Waals surface area contributed by atoms with Crippen molar-refractivity contribution < 1.29 is 22.6 Å². The van der Waals surface area contributed by atoms with E-state index in [0.29, 0.717) is 61.2 Å². The number of nitrogens with zero attached hydrogens (tertiary/aromatic N) is 5. The molecule has 13 heteroatoms. The summed E-state index contributed by atoms with van der Waals surface area (Å²) in [5.74, 6) is 2.22. The lowest BCUT2D eigenvalue weighted by atomic mass is 9.97.